The molecule has 0 bridgehead atoms. The zero-order valence-electron chi connectivity index (χ0n) is 20.0. The number of hydrogen-bond acceptors (Lipinski definition) is 5. The third-order valence-electron chi connectivity index (χ3n) is 4.58. The van der Waals surface area contributed by atoms with Gasteiger partial charge in [-0.3, -0.25) is 4.79 Å². The minimum absolute atomic E-state index is 0.0387. The molecule has 0 spiro atoms. The van der Waals surface area contributed by atoms with Gasteiger partial charge in [0.25, 0.3) is 5.91 Å². The van der Waals surface area contributed by atoms with Gasteiger partial charge in [0.2, 0.25) is 0 Å². The van der Waals surface area contributed by atoms with E-state index in [0.717, 1.165) is 23.0 Å². The van der Waals surface area contributed by atoms with E-state index in [0.29, 0.717) is 17.3 Å². The molecule has 7 nitrogen and oxygen atoms in total. The number of hydrogen-bond donors (Lipinski definition) is 2. The fourth-order valence-corrected chi connectivity index (χ4v) is 3.08. The molecule has 0 unspecified atom stereocenters. The Morgan fingerprint density at radius 3 is 2.45 bits per heavy atom. The monoisotopic (exact) mass is 428 g/mol. The molecule has 0 aliphatic carbocycles. The molecule has 2 N–H and O–H groups in total. The molecule has 170 valence electrons. The molecule has 2 heterocycles. The number of ether oxygens (including phenoxy) is 1. The van der Waals surface area contributed by atoms with Gasteiger partial charge in [-0.25, -0.2) is 9.97 Å². The van der Waals surface area contributed by atoms with Gasteiger partial charge in [-0.15, -0.1) is 0 Å². The average Bonchev–Trinajstić information content (AvgIpc) is 3.11. The quantitative estimate of drug-likeness (QED) is 0.566. The van der Waals surface area contributed by atoms with Gasteiger partial charge in [0.05, 0.1) is 29.6 Å². The van der Waals surface area contributed by atoms with Crippen molar-refractivity contribution in [2.75, 3.05) is 11.9 Å². The van der Waals surface area contributed by atoms with Crippen molar-refractivity contribution in [1.29, 1.82) is 0 Å². The Morgan fingerprint density at radius 2 is 1.84 bits per heavy atom. The lowest BCUT2D eigenvalue weighted by atomic mass is 10.1. The zero-order valence-corrected chi connectivity index (χ0v) is 20.0. The maximum absolute atomic E-state index is 12.9. The number of nitrogens with zero attached hydrogens (tertiary/aromatic N) is 3. The van der Waals surface area contributed by atoms with Gasteiger partial charge in [0, 0.05) is 11.9 Å². The Hall–Kier alpha value is -2.51. The minimum atomic E-state index is -1.14. The van der Waals surface area contributed by atoms with E-state index < -0.39 is 11.2 Å². The number of amides is 1. The van der Waals surface area contributed by atoms with Crippen LogP contribution in [0, 0.1) is 5.92 Å². The van der Waals surface area contributed by atoms with Crippen LogP contribution >= 0.6 is 0 Å². The van der Waals surface area contributed by atoms with Crippen molar-refractivity contribution in [2.24, 2.45) is 5.92 Å². The van der Waals surface area contributed by atoms with Crippen LogP contribution in [0.3, 0.4) is 0 Å². The van der Waals surface area contributed by atoms with Gasteiger partial charge in [0.1, 0.15) is 11.1 Å². The van der Waals surface area contributed by atoms with Crippen LogP contribution in [0.2, 0.25) is 0 Å². The summed E-state index contributed by atoms with van der Waals surface area (Å²) < 4.78 is 7.78. The molecule has 1 aromatic carbocycles. The number of aromatic nitrogens is 3. The van der Waals surface area contributed by atoms with Gasteiger partial charge >= 0.3 is 0 Å². The summed E-state index contributed by atoms with van der Waals surface area (Å²) in [4.78, 5) is 22.1. The SMILES string of the molecule is CC.CC(C)Cn1cnc2c(NC(=O)C(C)(C)OCC(C)(C)O)nc3ccccc3c21. The highest BCUT2D eigenvalue weighted by Gasteiger charge is 2.32. The van der Waals surface area contributed by atoms with Crippen molar-refractivity contribution in [3.05, 3.63) is 30.6 Å². The smallest absolute Gasteiger partial charge is 0.257 e. The summed E-state index contributed by atoms with van der Waals surface area (Å²) in [5.41, 5.74) is 0.226. The molecule has 0 aliphatic heterocycles. The number of carbonyl (C=O) groups is 1. The van der Waals surface area contributed by atoms with E-state index in [2.05, 4.69) is 33.7 Å². The zero-order chi connectivity index (χ0) is 23.4. The lowest BCUT2D eigenvalue weighted by molar-refractivity contribution is -0.144. The maximum atomic E-state index is 12.9. The number of rotatable bonds is 7. The maximum Gasteiger partial charge on any atom is 0.257 e. The Kier molecular flexibility index (Phi) is 7.78. The number of aliphatic hydroxyl groups is 1. The fourth-order valence-electron chi connectivity index (χ4n) is 3.08. The predicted octanol–water partition coefficient (Wildman–Crippen LogP) is 4.77. The Bertz CT molecular complexity index is 1030. The van der Waals surface area contributed by atoms with Crippen LogP contribution in [0.1, 0.15) is 55.4 Å². The van der Waals surface area contributed by atoms with Gasteiger partial charge in [0.15, 0.2) is 5.82 Å². The highest BCUT2D eigenvalue weighted by atomic mass is 16.5. The Morgan fingerprint density at radius 1 is 1.19 bits per heavy atom. The standard InChI is InChI=1S/C22H30N4O3.C2H6/c1-14(2)11-26-13-23-17-18(26)15-9-7-8-10-16(15)24-19(17)25-20(27)22(5,6)29-12-21(3,4)28;1-2/h7-10,13-14,28H,11-12H2,1-6H3,(H,24,25,27);1-2H3. The number of fused-ring (bicyclic) bond motifs is 3. The number of imidazole rings is 1. The number of nitrogens with one attached hydrogen (secondary N) is 1. The molecule has 0 fully saturated rings. The Labute approximate surface area is 184 Å². The number of benzene rings is 1. The predicted molar refractivity (Wildman–Crippen MR) is 126 cm³/mol. The summed E-state index contributed by atoms with van der Waals surface area (Å²) in [6.07, 6.45) is 1.80. The highest BCUT2D eigenvalue weighted by molar-refractivity contribution is 6.10. The molecular weight excluding hydrogens is 392 g/mol. The largest absolute Gasteiger partial charge is 0.388 e. The summed E-state index contributed by atoms with van der Waals surface area (Å²) in [5, 5.41) is 13.8. The van der Waals surface area contributed by atoms with Gasteiger partial charge in [-0.05, 0) is 39.7 Å². The molecule has 0 radical (unpaired) electrons. The molecule has 2 aromatic heterocycles. The van der Waals surface area contributed by atoms with Crippen molar-refractivity contribution in [3.8, 4) is 0 Å². The first-order valence-electron chi connectivity index (χ1n) is 10.9. The lowest BCUT2D eigenvalue weighted by Crippen LogP contribution is -2.43. The lowest BCUT2D eigenvalue weighted by Gasteiger charge is -2.28. The average molecular weight is 429 g/mol. The molecule has 3 rings (SSSR count). The summed E-state index contributed by atoms with van der Waals surface area (Å²) >= 11 is 0. The first-order chi connectivity index (χ1) is 14.5. The van der Waals surface area contributed by atoms with E-state index >= 15 is 0 Å². The van der Waals surface area contributed by atoms with Crippen molar-refractivity contribution in [3.63, 3.8) is 0 Å². The minimum Gasteiger partial charge on any atom is -0.388 e. The van der Waals surface area contributed by atoms with E-state index in [1.165, 1.54) is 0 Å². The second kappa shape index (κ2) is 9.75. The van der Waals surface area contributed by atoms with E-state index in [4.69, 9.17) is 4.74 Å². The van der Waals surface area contributed by atoms with E-state index in [1.54, 1.807) is 34.0 Å². The summed E-state index contributed by atoms with van der Waals surface area (Å²) in [5.74, 6) is 0.516. The number of carbonyl (C=O) groups excluding carboxylic acids is 1. The van der Waals surface area contributed by atoms with Crippen LogP contribution in [0.5, 0.6) is 0 Å². The number of para-hydroxylation sites is 1. The fraction of sp³-hybridized carbons (Fsp3) is 0.542. The first kappa shape index (κ1) is 24.8. The molecule has 31 heavy (non-hydrogen) atoms. The van der Waals surface area contributed by atoms with Crippen molar-refractivity contribution < 1.29 is 14.6 Å². The molecule has 0 saturated heterocycles. The topological polar surface area (TPSA) is 89.3 Å². The van der Waals surface area contributed by atoms with Crippen molar-refractivity contribution in [2.45, 2.75) is 73.1 Å². The molecule has 0 saturated carbocycles. The molecule has 1 amide bonds. The van der Waals surface area contributed by atoms with Crippen LogP contribution in [0.15, 0.2) is 30.6 Å². The van der Waals surface area contributed by atoms with Gasteiger partial charge in [-0.1, -0.05) is 45.9 Å². The summed E-state index contributed by atoms with van der Waals surface area (Å²) in [7, 11) is 0. The van der Waals surface area contributed by atoms with Crippen LogP contribution in [0.4, 0.5) is 5.82 Å². The normalized spacial score (nSPS) is 12.2. The third-order valence-corrected chi connectivity index (χ3v) is 4.58. The van der Waals surface area contributed by atoms with Gasteiger partial charge in [-0.2, -0.15) is 0 Å². The summed E-state index contributed by atoms with van der Waals surface area (Å²) in [6, 6.07) is 7.84. The number of pyridine rings is 1. The third kappa shape index (κ3) is 6.02. The van der Waals surface area contributed by atoms with Crippen molar-refractivity contribution >= 4 is 33.7 Å². The van der Waals surface area contributed by atoms with Crippen LogP contribution < -0.4 is 5.32 Å². The second-order valence-electron chi connectivity index (χ2n) is 9.03. The van der Waals surface area contributed by atoms with Gasteiger partial charge < -0.3 is 19.7 Å². The second-order valence-corrected chi connectivity index (χ2v) is 9.03. The summed E-state index contributed by atoms with van der Waals surface area (Å²) in [6.45, 7) is 15.8. The van der Waals surface area contributed by atoms with Crippen LogP contribution in [0.25, 0.3) is 21.9 Å². The first-order valence-corrected chi connectivity index (χ1v) is 10.9. The van der Waals surface area contributed by atoms with Crippen LogP contribution in [-0.4, -0.2) is 43.4 Å². The molecule has 0 atom stereocenters. The molecule has 3 aromatic rings. The Balaban J connectivity index is 0.00000166. The van der Waals surface area contributed by atoms with Crippen molar-refractivity contribution in [1.82, 2.24) is 14.5 Å². The molecule has 0 aliphatic rings. The highest BCUT2D eigenvalue weighted by Crippen LogP contribution is 2.30. The number of anilines is 1. The molecule has 7 heteroatoms. The van der Waals surface area contributed by atoms with E-state index in [-0.39, 0.29) is 12.5 Å². The van der Waals surface area contributed by atoms with E-state index in [9.17, 15) is 9.90 Å². The van der Waals surface area contributed by atoms with Crippen LogP contribution in [-0.2, 0) is 16.1 Å². The molecular formula is C24H36N4O3. The van der Waals surface area contributed by atoms with E-state index in [1.807, 2.05) is 38.1 Å².